The maximum absolute atomic E-state index is 10.6. The van der Waals surface area contributed by atoms with Crippen LogP contribution in [0.4, 0.5) is 0 Å². The van der Waals surface area contributed by atoms with Crippen LogP contribution in [0.3, 0.4) is 0 Å². The number of nitrogens with two attached hydrogens (primary N) is 1. The molecule has 5 nitrogen and oxygen atoms in total. The summed E-state index contributed by atoms with van der Waals surface area (Å²) in [5.41, 5.74) is 5.77. The zero-order valence-corrected chi connectivity index (χ0v) is 6.84. The third kappa shape index (κ3) is 1.39. The van der Waals surface area contributed by atoms with Crippen molar-refractivity contribution < 1.29 is 9.13 Å². The third-order valence-corrected chi connectivity index (χ3v) is 2.38. The van der Waals surface area contributed by atoms with Crippen molar-refractivity contribution in [2.24, 2.45) is 5.73 Å². The van der Waals surface area contributed by atoms with Crippen LogP contribution in [0.5, 0.6) is 0 Å². The number of rotatable bonds is 2. The van der Waals surface area contributed by atoms with Crippen LogP contribution in [0.2, 0.25) is 0 Å². The predicted molar refractivity (Wildman–Crippen MR) is 38.4 cm³/mol. The largest absolute Gasteiger partial charge is 0.351 e. The lowest BCUT2D eigenvalue weighted by Gasteiger charge is -2.10. The monoisotopic (exact) mass is 173 g/mol. The minimum Gasteiger partial charge on any atom is -0.351 e. The molecule has 0 saturated heterocycles. The molecule has 0 bridgehead atoms. The van der Waals surface area contributed by atoms with Crippen molar-refractivity contribution in [3.05, 3.63) is 18.2 Å². The van der Waals surface area contributed by atoms with Crippen molar-refractivity contribution in [2.75, 3.05) is 0 Å². The Kier molecular flexibility index (Phi) is 1.93. The van der Waals surface area contributed by atoms with Gasteiger partial charge in [-0.1, -0.05) is 0 Å². The molecular formula is C5H8N3O2P. The molecule has 1 aromatic heterocycles. The Bertz CT molecular complexity index is 294. The number of imidazole rings is 1. The molecule has 0 spiro atoms. The molecule has 0 aliphatic heterocycles. The molecular weight excluding hydrogens is 165 g/mol. The van der Waals surface area contributed by atoms with Crippen molar-refractivity contribution in [2.45, 2.75) is 12.2 Å². The van der Waals surface area contributed by atoms with Gasteiger partial charge in [-0.25, -0.2) is 14.1 Å². The average molecular weight is 173 g/mol. The van der Waals surface area contributed by atoms with Crippen LogP contribution in [0.1, 0.15) is 12.6 Å². The molecule has 0 amide bonds. The molecule has 3 N–H and O–H groups in total. The highest BCUT2D eigenvalue weighted by atomic mass is 31.1. The molecule has 1 rings (SSSR count). The Balaban J connectivity index is 3.10. The number of hydrogen-bond acceptors (Lipinski definition) is 4. The second-order valence-electron chi connectivity index (χ2n) is 2.36. The van der Waals surface area contributed by atoms with Gasteiger partial charge in [-0.3, -0.25) is 0 Å². The number of nitrogens with one attached hydrogen (secondary N) is 1. The maximum atomic E-state index is 10.6. The highest BCUT2D eigenvalue weighted by molar-refractivity contribution is 7.32. The van der Waals surface area contributed by atoms with Crippen molar-refractivity contribution in [1.82, 2.24) is 9.97 Å². The molecule has 1 unspecified atom stereocenters. The number of H-pyrrole nitrogens is 1. The molecule has 0 saturated carbocycles. The SMILES string of the molecule is CC(N)(c1c[nH]cn1)P(=O)=O. The highest BCUT2D eigenvalue weighted by Crippen LogP contribution is 2.31. The Morgan fingerprint density at radius 1 is 1.73 bits per heavy atom. The Hall–Kier alpha value is -0.930. The Morgan fingerprint density at radius 2 is 2.36 bits per heavy atom. The molecule has 6 heteroatoms. The summed E-state index contributed by atoms with van der Waals surface area (Å²) < 4.78 is 21.2. The maximum Gasteiger partial charge on any atom is 0.342 e. The summed E-state index contributed by atoms with van der Waals surface area (Å²) >= 11 is 0. The van der Waals surface area contributed by atoms with E-state index in [1.165, 1.54) is 19.4 Å². The number of aromatic nitrogens is 2. The minimum absolute atomic E-state index is 0.327. The normalized spacial score (nSPS) is 15.8. The van der Waals surface area contributed by atoms with Gasteiger partial charge in [0.2, 0.25) is 0 Å². The van der Waals surface area contributed by atoms with Crippen molar-refractivity contribution in [3.8, 4) is 0 Å². The van der Waals surface area contributed by atoms with Crippen molar-refractivity contribution in [1.29, 1.82) is 0 Å². The third-order valence-electron chi connectivity index (χ3n) is 1.40. The summed E-state index contributed by atoms with van der Waals surface area (Å²) in [5, 5.41) is -1.37. The van der Waals surface area contributed by atoms with Crippen LogP contribution >= 0.6 is 7.68 Å². The topological polar surface area (TPSA) is 88.8 Å². The molecule has 11 heavy (non-hydrogen) atoms. The quantitative estimate of drug-likeness (QED) is 0.644. The minimum atomic E-state index is -2.70. The van der Waals surface area contributed by atoms with Crippen LogP contribution in [-0.2, 0) is 14.4 Å². The molecule has 1 atom stereocenters. The lowest BCUT2D eigenvalue weighted by molar-refractivity contribution is 0.480. The van der Waals surface area contributed by atoms with E-state index in [4.69, 9.17) is 5.73 Å². The second-order valence-corrected chi connectivity index (χ2v) is 3.80. The zero-order chi connectivity index (χ0) is 8.48. The van der Waals surface area contributed by atoms with Crippen LogP contribution < -0.4 is 5.73 Å². The summed E-state index contributed by atoms with van der Waals surface area (Å²) in [6.45, 7) is 1.40. The van der Waals surface area contributed by atoms with E-state index >= 15 is 0 Å². The standard InChI is InChI=1S/C5H8N3O2P/c1-5(6,11(9)10)4-2-7-3-8-4/h2-3H,6H2,1H3,(H,7,8). The molecule has 60 valence electrons. The van der Waals surface area contributed by atoms with Gasteiger partial charge in [0.15, 0.2) is 5.28 Å². The van der Waals surface area contributed by atoms with Crippen molar-refractivity contribution >= 4 is 7.68 Å². The lowest BCUT2D eigenvalue weighted by atomic mass is 10.3. The molecule has 1 aromatic rings. The summed E-state index contributed by atoms with van der Waals surface area (Å²) in [5.74, 6) is 0. The summed E-state index contributed by atoms with van der Waals surface area (Å²) in [6, 6.07) is 0. The fourth-order valence-electron chi connectivity index (χ4n) is 0.631. The number of aromatic amines is 1. The first-order valence-electron chi connectivity index (χ1n) is 2.98. The van der Waals surface area contributed by atoms with E-state index in [1.54, 1.807) is 0 Å². The van der Waals surface area contributed by atoms with E-state index in [9.17, 15) is 9.13 Å². The van der Waals surface area contributed by atoms with Gasteiger partial charge >= 0.3 is 7.68 Å². The van der Waals surface area contributed by atoms with E-state index < -0.39 is 13.0 Å². The van der Waals surface area contributed by atoms with Gasteiger partial charge in [0.05, 0.1) is 12.0 Å². The average Bonchev–Trinajstić information content (AvgIpc) is 2.37. The molecule has 0 fully saturated rings. The summed E-state index contributed by atoms with van der Waals surface area (Å²) in [4.78, 5) is 6.38. The van der Waals surface area contributed by atoms with Gasteiger partial charge in [0.25, 0.3) is 0 Å². The van der Waals surface area contributed by atoms with Gasteiger partial charge in [-0.05, 0) is 6.92 Å². The summed E-state index contributed by atoms with van der Waals surface area (Å²) in [6.07, 6.45) is 2.85. The van der Waals surface area contributed by atoms with Crippen molar-refractivity contribution in [3.63, 3.8) is 0 Å². The number of nitrogens with zero attached hydrogens (tertiary/aromatic N) is 1. The Labute approximate surface area is 63.8 Å². The molecule has 0 aliphatic rings. The van der Waals surface area contributed by atoms with Crippen LogP contribution in [0.15, 0.2) is 12.5 Å². The van der Waals surface area contributed by atoms with E-state index in [0.29, 0.717) is 5.69 Å². The van der Waals surface area contributed by atoms with E-state index in [1.807, 2.05) is 0 Å². The van der Waals surface area contributed by atoms with Gasteiger partial charge in [-0.2, -0.15) is 0 Å². The first-order chi connectivity index (χ1) is 5.05. The predicted octanol–water partition coefficient (Wildman–Crippen LogP) is 0.714. The van der Waals surface area contributed by atoms with Crippen LogP contribution in [0, 0.1) is 0 Å². The second kappa shape index (κ2) is 2.60. The smallest absolute Gasteiger partial charge is 0.342 e. The Morgan fingerprint density at radius 3 is 2.73 bits per heavy atom. The molecule has 0 aromatic carbocycles. The zero-order valence-electron chi connectivity index (χ0n) is 5.94. The van der Waals surface area contributed by atoms with Crippen LogP contribution in [-0.4, -0.2) is 9.97 Å². The van der Waals surface area contributed by atoms with Gasteiger partial charge in [0.1, 0.15) is 0 Å². The first-order valence-corrected chi connectivity index (χ1v) is 4.15. The fourth-order valence-corrected chi connectivity index (χ4v) is 0.940. The molecule has 0 aliphatic carbocycles. The fraction of sp³-hybridized carbons (Fsp3) is 0.400. The summed E-state index contributed by atoms with van der Waals surface area (Å²) in [7, 11) is -2.70. The first kappa shape index (κ1) is 8.17. The molecule has 0 radical (unpaired) electrons. The van der Waals surface area contributed by atoms with Crippen LogP contribution in [0.25, 0.3) is 0 Å². The number of hydrogen-bond donors (Lipinski definition) is 2. The lowest BCUT2D eigenvalue weighted by Crippen LogP contribution is -2.27. The van der Waals surface area contributed by atoms with E-state index in [0.717, 1.165) is 0 Å². The van der Waals surface area contributed by atoms with E-state index in [-0.39, 0.29) is 0 Å². The van der Waals surface area contributed by atoms with Gasteiger partial charge < -0.3 is 10.7 Å². The van der Waals surface area contributed by atoms with Gasteiger partial charge in [-0.15, -0.1) is 0 Å². The van der Waals surface area contributed by atoms with E-state index in [2.05, 4.69) is 9.97 Å². The highest BCUT2D eigenvalue weighted by Gasteiger charge is 2.29. The molecule has 1 heterocycles. The van der Waals surface area contributed by atoms with Gasteiger partial charge in [0, 0.05) is 6.20 Å².